The van der Waals surface area contributed by atoms with Gasteiger partial charge in [0.25, 0.3) is 0 Å². The molecule has 0 spiro atoms. The number of hydrogen-bond acceptors (Lipinski definition) is 5. The van der Waals surface area contributed by atoms with Crippen LogP contribution >= 0.6 is 11.8 Å². The Morgan fingerprint density at radius 2 is 2.15 bits per heavy atom. The zero-order valence-corrected chi connectivity index (χ0v) is 15.8. The summed E-state index contributed by atoms with van der Waals surface area (Å²) < 4.78 is 0. The molecule has 7 heteroatoms. The van der Waals surface area contributed by atoms with Crippen molar-refractivity contribution < 1.29 is 4.79 Å². The lowest BCUT2D eigenvalue weighted by molar-refractivity contribution is -0.116. The third kappa shape index (κ3) is 2.88. The Balaban J connectivity index is 1.54. The molecule has 0 bridgehead atoms. The molecule has 4 heterocycles. The minimum Gasteiger partial charge on any atom is -0.346 e. The van der Waals surface area contributed by atoms with Gasteiger partial charge in [0.2, 0.25) is 5.91 Å². The summed E-state index contributed by atoms with van der Waals surface area (Å²) in [5.41, 5.74) is 5.28. The smallest absolute Gasteiger partial charge is 0.224 e. The maximum absolute atomic E-state index is 11.7. The molecule has 0 atom stereocenters. The first-order chi connectivity index (χ1) is 13.2. The minimum absolute atomic E-state index is 0.0952. The number of nitrogens with one attached hydrogen (secondary N) is 2. The van der Waals surface area contributed by atoms with Crippen LogP contribution in [0, 0.1) is 6.92 Å². The third-order valence-corrected chi connectivity index (χ3v) is 6.11. The highest BCUT2D eigenvalue weighted by Gasteiger charge is 2.20. The summed E-state index contributed by atoms with van der Waals surface area (Å²) in [4.78, 5) is 27.2. The van der Waals surface area contributed by atoms with E-state index >= 15 is 0 Å². The number of hydrogen-bond donors (Lipinski definition) is 2. The molecule has 136 valence electrons. The fourth-order valence-electron chi connectivity index (χ4n) is 3.66. The van der Waals surface area contributed by atoms with Crippen LogP contribution in [0.2, 0.25) is 0 Å². The highest BCUT2D eigenvalue weighted by molar-refractivity contribution is 8.08. The van der Waals surface area contributed by atoms with Crippen molar-refractivity contribution in [2.45, 2.75) is 19.8 Å². The van der Waals surface area contributed by atoms with Crippen molar-refractivity contribution in [3.8, 4) is 0 Å². The first-order valence-corrected chi connectivity index (χ1v) is 10.0. The van der Waals surface area contributed by atoms with Gasteiger partial charge in [0.15, 0.2) is 0 Å². The quantitative estimate of drug-likeness (QED) is 0.712. The van der Waals surface area contributed by atoms with Crippen LogP contribution < -0.4 is 10.2 Å². The number of carbonyl (C=O) groups excluding carboxylic acids is 1. The molecular formula is C20H19N5OS. The Kier molecular flexibility index (Phi) is 3.89. The summed E-state index contributed by atoms with van der Waals surface area (Å²) in [6.07, 6.45) is 7.12. The topological polar surface area (TPSA) is 73.9 Å². The van der Waals surface area contributed by atoms with Gasteiger partial charge in [-0.2, -0.15) is 0 Å². The van der Waals surface area contributed by atoms with E-state index in [2.05, 4.69) is 56.5 Å². The van der Waals surface area contributed by atoms with Crippen LogP contribution in [0.25, 0.3) is 15.9 Å². The fraction of sp³-hybridized carbons (Fsp3) is 0.250. The van der Waals surface area contributed by atoms with Gasteiger partial charge >= 0.3 is 0 Å². The van der Waals surface area contributed by atoms with Crippen molar-refractivity contribution >= 4 is 45.1 Å². The lowest BCUT2D eigenvalue weighted by Gasteiger charge is -2.27. The number of thioether (sulfide) groups is 1. The predicted octanol–water partition coefficient (Wildman–Crippen LogP) is 3.70. The summed E-state index contributed by atoms with van der Waals surface area (Å²) in [5.74, 6) is 2.00. The van der Waals surface area contributed by atoms with Crippen LogP contribution in [0.3, 0.4) is 0 Å². The van der Waals surface area contributed by atoms with Gasteiger partial charge < -0.3 is 15.2 Å². The monoisotopic (exact) mass is 377 g/mol. The lowest BCUT2D eigenvalue weighted by atomic mass is 10.0. The summed E-state index contributed by atoms with van der Waals surface area (Å²) in [5, 5.41) is 4.06. The van der Waals surface area contributed by atoms with Crippen LogP contribution in [0.4, 0.5) is 11.5 Å². The predicted molar refractivity (Wildman–Crippen MR) is 110 cm³/mol. The number of aryl methyl sites for hydroxylation is 2. The second kappa shape index (κ2) is 6.42. The highest BCUT2D eigenvalue weighted by Crippen LogP contribution is 2.37. The van der Waals surface area contributed by atoms with Gasteiger partial charge in [-0.05, 0) is 36.1 Å². The van der Waals surface area contributed by atoms with Gasteiger partial charge in [-0.3, -0.25) is 4.79 Å². The minimum atomic E-state index is 0.0952. The van der Waals surface area contributed by atoms with E-state index in [0.29, 0.717) is 6.42 Å². The molecule has 2 aliphatic rings. The first kappa shape index (κ1) is 16.4. The number of aromatic nitrogens is 3. The van der Waals surface area contributed by atoms with Crippen LogP contribution in [0.1, 0.15) is 23.1 Å². The van der Waals surface area contributed by atoms with Crippen molar-refractivity contribution in [3.63, 3.8) is 0 Å². The zero-order valence-electron chi connectivity index (χ0n) is 15.0. The van der Waals surface area contributed by atoms with Crippen LogP contribution in [-0.4, -0.2) is 33.2 Å². The molecule has 3 aromatic rings. The molecule has 5 rings (SSSR count). The zero-order chi connectivity index (χ0) is 18.4. The molecule has 0 aliphatic carbocycles. The number of benzene rings is 1. The van der Waals surface area contributed by atoms with Gasteiger partial charge in [0.05, 0.1) is 5.39 Å². The summed E-state index contributed by atoms with van der Waals surface area (Å²) in [6, 6.07) is 6.37. The van der Waals surface area contributed by atoms with Crippen molar-refractivity contribution in [1.29, 1.82) is 0 Å². The van der Waals surface area contributed by atoms with E-state index in [1.54, 1.807) is 6.33 Å². The Bertz CT molecular complexity index is 1090. The number of rotatable bonds is 2. The Morgan fingerprint density at radius 3 is 3.07 bits per heavy atom. The van der Waals surface area contributed by atoms with Gasteiger partial charge in [-0.15, -0.1) is 11.8 Å². The molecule has 2 N–H and O–H groups in total. The Hall–Kier alpha value is -2.80. The van der Waals surface area contributed by atoms with Gasteiger partial charge in [-0.1, -0.05) is 12.1 Å². The number of carbonyl (C=O) groups is 1. The maximum atomic E-state index is 11.7. The fourth-order valence-corrected chi connectivity index (χ4v) is 4.67. The number of H-pyrrole nitrogens is 1. The van der Waals surface area contributed by atoms with E-state index in [9.17, 15) is 4.79 Å². The van der Waals surface area contributed by atoms with E-state index in [0.717, 1.165) is 52.4 Å². The van der Waals surface area contributed by atoms with E-state index in [-0.39, 0.29) is 5.91 Å². The molecule has 0 unspecified atom stereocenters. The molecule has 27 heavy (non-hydrogen) atoms. The molecule has 2 aliphatic heterocycles. The molecule has 0 radical (unpaired) electrons. The second-order valence-electron chi connectivity index (χ2n) is 6.85. The number of aromatic amines is 1. The van der Waals surface area contributed by atoms with Crippen LogP contribution in [-0.2, 0) is 11.2 Å². The first-order valence-electron chi connectivity index (χ1n) is 9.02. The second-order valence-corrected chi connectivity index (χ2v) is 7.98. The number of fused-ring (bicyclic) bond motifs is 2. The molecule has 1 aromatic carbocycles. The van der Waals surface area contributed by atoms with Gasteiger partial charge in [-0.25, -0.2) is 9.97 Å². The maximum Gasteiger partial charge on any atom is 0.224 e. The molecule has 1 amide bonds. The largest absolute Gasteiger partial charge is 0.346 e. The Morgan fingerprint density at radius 1 is 1.22 bits per heavy atom. The average molecular weight is 377 g/mol. The average Bonchev–Trinajstić information content (AvgIpc) is 3.09. The van der Waals surface area contributed by atoms with Crippen molar-refractivity contribution in [3.05, 3.63) is 53.6 Å². The molecule has 0 fully saturated rings. The number of anilines is 2. The van der Waals surface area contributed by atoms with E-state index in [1.165, 1.54) is 10.5 Å². The third-order valence-electron chi connectivity index (χ3n) is 5.07. The molecule has 6 nitrogen and oxygen atoms in total. The summed E-state index contributed by atoms with van der Waals surface area (Å²) in [6.45, 7) is 2.97. The lowest BCUT2D eigenvalue weighted by Crippen LogP contribution is -2.24. The number of nitrogens with zero attached hydrogens (tertiary/aromatic N) is 3. The van der Waals surface area contributed by atoms with Crippen LogP contribution in [0.15, 0.2) is 36.9 Å². The molecular weight excluding hydrogens is 358 g/mol. The van der Waals surface area contributed by atoms with E-state index in [1.807, 2.05) is 18.0 Å². The highest BCUT2D eigenvalue weighted by atomic mass is 32.2. The van der Waals surface area contributed by atoms with Crippen molar-refractivity contribution in [1.82, 2.24) is 15.0 Å². The van der Waals surface area contributed by atoms with E-state index < -0.39 is 0 Å². The molecule has 2 aromatic heterocycles. The molecule has 0 saturated carbocycles. The van der Waals surface area contributed by atoms with Gasteiger partial charge in [0.1, 0.15) is 17.8 Å². The van der Waals surface area contributed by atoms with E-state index in [4.69, 9.17) is 0 Å². The van der Waals surface area contributed by atoms with Crippen molar-refractivity contribution in [2.75, 3.05) is 22.5 Å². The number of amides is 1. The normalized spacial score (nSPS) is 16.9. The standard InChI is InChI=1S/C20H19N5OS/c1-12-9-21-19-18(12)20(23-11-22-19)25-6-7-27-16(10-25)14-3-2-13-4-5-17(26)24-15(13)8-14/h2-3,8-11H,4-7H2,1H3,(H,24,26)(H,21,22,23). The summed E-state index contributed by atoms with van der Waals surface area (Å²) >= 11 is 1.83. The SMILES string of the molecule is Cc1c[nH]c2ncnc(N3C=C(c4ccc5c(c4)NC(=O)CC5)SCC3)c12. The summed E-state index contributed by atoms with van der Waals surface area (Å²) in [7, 11) is 0. The van der Waals surface area contributed by atoms with Crippen molar-refractivity contribution in [2.24, 2.45) is 0 Å². The Labute approximate surface area is 161 Å². The van der Waals surface area contributed by atoms with Gasteiger partial charge in [0, 0.05) is 41.7 Å². The molecule has 0 saturated heterocycles. The van der Waals surface area contributed by atoms with Crippen LogP contribution in [0.5, 0.6) is 0 Å².